The number of hydrogen-bond donors (Lipinski definition) is 0. The molecule has 0 radical (unpaired) electrons. The molecule has 1 atom stereocenters. The molecule has 2 rings (SSSR count). The van der Waals surface area contributed by atoms with Gasteiger partial charge in [-0.25, -0.2) is 9.20 Å². The van der Waals surface area contributed by atoms with Crippen LogP contribution in [0.25, 0.3) is 0 Å². The standard InChI is InChI=1S/C11H10N2OS/c12-6-2-1-3-9-4-5-10-11(7-9)15(14)8-13-10/h4-5,7-8H,1-3H2. The third-order valence-electron chi connectivity index (χ3n) is 2.28. The molecule has 1 aliphatic rings. The Labute approximate surface area is 90.9 Å². The topological polar surface area (TPSA) is 53.2 Å². The minimum atomic E-state index is -1.07. The number of nitriles is 1. The van der Waals surface area contributed by atoms with Crippen LogP contribution in [0, 0.1) is 11.3 Å². The molecule has 1 aromatic carbocycles. The number of aryl methyl sites for hydroxylation is 1. The van der Waals surface area contributed by atoms with Crippen molar-refractivity contribution in [1.29, 1.82) is 5.26 Å². The van der Waals surface area contributed by atoms with Gasteiger partial charge in [0.15, 0.2) is 0 Å². The van der Waals surface area contributed by atoms with Crippen LogP contribution in [0.1, 0.15) is 18.4 Å². The predicted molar refractivity (Wildman–Crippen MR) is 59.6 cm³/mol. The molecule has 0 saturated carbocycles. The molecular weight excluding hydrogens is 208 g/mol. The first-order valence-corrected chi connectivity index (χ1v) is 5.97. The molecular formula is C11H10N2OS. The summed E-state index contributed by atoms with van der Waals surface area (Å²) in [5.41, 5.74) is 3.39. The molecule has 0 saturated heterocycles. The first-order valence-electron chi connectivity index (χ1n) is 4.76. The molecule has 76 valence electrons. The lowest BCUT2D eigenvalue weighted by Crippen LogP contribution is -1.89. The lowest BCUT2D eigenvalue weighted by atomic mass is 10.1. The smallest absolute Gasteiger partial charge is 0.0984 e. The van der Waals surface area contributed by atoms with Crippen LogP contribution < -0.4 is 0 Å². The Bertz CT molecular complexity index is 474. The molecule has 1 aliphatic heterocycles. The van der Waals surface area contributed by atoms with E-state index in [-0.39, 0.29) is 0 Å². The van der Waals surface area contributed by atoms with Gasteiger partial charge in [-0.05, 0) is 30.5 Å². The van der Waals surface area contributed by atoms with E-state index in [0.717, 1.165) is 29.0 Å². The van der Waals surface area contributed by atoms with Crippen molar-refractivity contribution < 1.29 is 4.21 Å². The van der Waals surface area contributed by atoms with E-state index in [1.54, 1.807) is 0 Å². The molecule has 0 amide bonds. The molecule has 1 aromatic rings. The second kappa shape index (κ2) is 4.37. The lowest BCUT2D eigenvalue weighted by Gasteiger charge is -2.01. The van der Waals surface area contributed by atoms with Crippen molar-refractivity contribution in [2.75, 3.05) is 0 Å². The average Bonchev–Trinajstić information content (AvgIpc) is 2.61. The highest BCUT2D eigenvalue weighted by atomic mass is 32.2. The van der Waals surface area contributed by atoms with E-state index in [9.17, 15) is 4.21 Å². The quantitative estimate of drug-likeness (QED) is 0.731. The minimum absolute atomic E-state index is 0.566. The van der Waals surface area contributed by atoms with Crippen molar-refractivity contribution in [2.24, 2.45) is 4.99 Å². The van der Waals surface area contributed by atoms with Crippen LogP contribution >= 0.6 is 0 Å². The number of fused-ring (bicyclic) bond motifs is 1. The first kappa shape index (κ1) is 10.1. The summed E-state index contributed by atoms with van der Waals surface area (Å²) in [5, 5.41) is 8.42. The van der Waals surface area contributed by atoms with E-state index >= 15 is 0 Å². The van der Waals surface area contributed by atoms with Crippen LogP contribution in [-0.4, -0.2) is 9.76 Å². The molecule has 4 heteroatoms. The van der Waals surface area contributed by atoms with Gasteiger partial charge in [0, 0.05) is 6.42 Å². The fraction of sp³-hybridized carbons (Fsp3) is 0.273. The normalized spacial score (nSPS) is 17.4. The first-order chi connectivity index (χ1) is 7.31. The summed E-state index contributed by atoms with van der Waals surface area (Å²) in [6, 6.07) is 7.91. The molecule has 0 bridgehead atoms. The van der Waals surface area contributed by atoms with E-state index < -0.39 is 10.8 Å². The molecule has 0 spiro atoms. The Hall–Kier alpha value is -1.47. The summed E-state index contributed by atoms with van der Waals surface area (Å²) in [5.74, 6) is 0. The Balaban J connectivity index is 2.14. The van der Waals surface area contributed by atoms with Crippen molar-refractivity contribution in [1.82, 2.24) is 0 Å². The summed E-state index contributed by atoms with van der Waals surface area (Å²) in [6.45, 7) is 0. The van der Waals surface area contributed by atoms with E-state index in [1.807, 2.05) is 18.2 Å². The van der Waals surface area contributed by atoms with Gasteiger partial charge in [0.25, 0.3) is 0 Å². The summed E-state index contributed by atoms with van der Waals surface area (Å²) in [7, 11) is -1.07. The van der Waals surface area contributed by atoms with Crippen molar-refractivity contribution in [3.63, 3.8) is 0 Å². The highest BCUT2D eigenvalue weighted by Crippen LogP contribution is 2.28. The van der Waals surface area contributed by atoms with Crippen LogP contribution in [0.3, 0.4) is 0 Å². The molecule has 3 nitrogen and oxygen atoms in total. The second-order valence-electron chi connectivity index (χ2n) is 3.35. The molecule has 1 unspecified atom stereocenters. The van der Waals surface area contributed by atoms with Gasteiger partial charge < -0.3 is 0 Å². The maximum absolute atomic E-state index is 11.5. The Kier molecular flexibility index (Phi) is 2.93. The van der Waals surface area contributed by atoms with Crippen molar-refractivity contribution in [3.05, 3.63) is 23.8 Å². The highest BCUT2D eigenvalue weighted by Gasteiger charge is 2.13. The van der Waals surface area contributed by atoms with E-state index in [4.69, 9.17) is 5.26 Å². The summed E-state index contributed by atoms with van der Waals surface area (Å²) in [4.78, 5) is 4.84. The summed E-state index contributed by atoms with van der Waals surface area (Å²) in [6.07, 6.45) is 2.28. The van der Waals surface area contributed by atoms with Gasteiger partial charge in [-0.1, -0.05) is 6.07 Å². The fourth-order valence-electron chi connectivity index (χ4n) is 1.51. The molecule has 0 fully saturated rings. The van der Waals surface area contributed by atoms with Crippen molar-refractivity contribution >= 4 is 22.0 Å². The van der Waals surface area contributed by atoms with Gasteiger partial charge >= 0.3 is 0 Å². The summed E-state index contributed by atoms with van der Waals surface area (Å²) >= 11 is 0. The maximum Gasteiger partial charge on any atom is 0.0984 e. The Morgan fingerprint density at radius 1 is 1.47 bits per heavy atom. The number of aliphatic imine (C=N–C) groups is 1. The van der Waals surface area contributed by atoms with Gasteiger partial charge in [-0.2, -0.15) is 5.26 Å². The van der Waals surface area contributed by atoms with E-state index in [1.165, 1.54) is 5.55 Å². The number of hydrogen-bond acceptors (Lipinski definition) is 3. The van der Waals surface area contributed by atoms with Gasteiger partial charge in [0.05, 0.1) is 33.0 Å². The minimum Gasteiger partial charge on any atom is -0.248 e. The van der Waals surface area contributed by atoms with Gasteiger partial charge in [0.1, 0.15) is 0 Å². The summed E-state index contributed by atoms with van der Waals surface area (Å²) < 4.78 is 11.5. The predicted octanol–water partition coefficient (Wildman–Crippen LogP) is 2.31. The van der Waals surface area contributed by atoms with Crippen LogP contribution in [-0.2, 0) is 17.2 Å². The van der Waals surface area contributed by atoms with E-state index in [0.29, 0.717) is 6.42 Å². The highest BCUT2D eigenvalue weighted by molar-refractivity contribution is 7.99. The third kappa shape index (κ3) is 2.13. The maximum atomic E-state index is 11.5. The molecule has 0 aliphatic carbocycles. The molecule has 0 aromatic heterocycles. The van der Waals surface area contributed by atoms with Crippen LogP contribution in [0.4, 0.5) is 5.69 Å². The lowest BCUT2D eigenvalue weighted by molar-refractivity contribution is 0.691. The molecule has 0 N–H and O–H groups in total. The Morgan fingerprint density at radius 3 is 3.13 bits per heavy atom. The number of benzene rings is 1. The van der Waals surface area contributed by atoms with Crippen LogP contribution in [0.15, 0.2) is 28.1 Å². The fourth-order valence-corrected chi connectivity index (χ4v) is 2.43. The second-order valence-corrected chi connectivity index (χ2v) is 4.59. The van der Waals surface area contributed by atoms with Gasteiger partial charge in [-0.3, -0.25) is 0 Å². The zero-order chi connectivity index (χ0) is 10.7. The SMILES string of the molecule is N#CCCCc1ccc2c(c1)S(=O)C=N2. The van der Waals surface area contributed by atoms with Crippen molar-refractivity contribution in [3.8, 4) is 6.07 Å². The van der Waals surface area contributed by atoms with Crippen LogP contribution in [0.5, 0.6) is 0 Å². The zero-order valence-corrected chi connectivity index (χ0v) is 8.96. The average molecular weight is 218 g/mol. The van der Waals surface area contributed by atoms with E-state index in [2.05, 4.69) is 11.1 Å². The Morgan fingerprint density at radius 2 is 2.33 bits per heavy atom. The molecule has 1 heterocycles. The number of rotatable bonds is 3. The van der Waals surface area contributed by atoms with Gasteiger partial charge in [0.2, 0.25) is 0 Å². The number of nitrogens with zero attached hydrogens (tertiary/aromatic N) is 2. The van der Waals surface area contributed by atoms with Crippen molar-refractivity contribution in [2.45, 2.75) is 24.2 Å². The van der Waals surface area contributed by atoms with Crippen LogP contribution in [0.2, 0.25) is 0 Å². The monoisotopic (exact) mass is 218 g/mol. The third-order valence-corrected chi connectivity index (χ3v) is 3.34. The largest absolute Gasteiger partial charge is 0.248 e. The molecule has 15 heavy (non-hydrogen) atoms. The zero-order valence-electron chi connectivity index (χ0n) is 8.14. The number of unbranched alkanes of at least 4 members (excludes halogenated alkanes) is 1. The van der Waals surface area contributed by atoms with Gasteiger partial charge in [-0.15, -0.1) is 0 Å².